The minimum atomic E-state index is 0.421. The number of piperidine rings is 1. The van der Waals surface area contributed by atoms with Gasteiger partial charge in [0.15, 0.2) is 0 Å². The highest BCUT2D eigenvalue weighted by Crippen LogP contribution is 2.25. The van der Waals surface area contributed by atoms with Crippen molar-refractivity contribution in [3.05, 3.63) is 108 Å². The monoisotopic (exact) mass is 629 g/mol. The Labute approximate surface area is 277 Å². The lowest BCUT2D eigenvalue weighted by Crippen LogP contribution is -2.39. The first-order valence-electron chi connectivity index (χ1n) is 16.1. The molecular weight excluding hydrogens is 575 g/mol. The highest BCUT2D eigenvalue weighted by Gasteiger charge is 2.23. The van der Waals surface area contributed by atoms with Crippen molar-refractivity contribution < 1.29 is 4.79 Å². The van der Waals surface area contributed by atoms with Crippen LogP contribution in [0, 0.1) is 5.92 Å². The van der Waals surface area contributed by atoms with Crippen molar-refractivity contribution in [3.8, 4) is 11.1 Å². The average Bonchev–Trinajstić information content (AvgIpc) is 3.10. The summed E-state index contributed by atoms with van der Waals surface area (Å²) in [6, 6.07) is 28.5. The maximum absolute atomic E-state index is 8.00. The van der Waals surface area contributed by atoms with Crippen molar-refractivity contribution in [3.63, 3.8) is 0 Å². The number of carbonyl (C=O) groups excluding carboxylic acids is 1. The third kappa shape index (κ3) is 13.0. The summed E-state index contributed by atoms with van der Waals surface area (Å²) < 4.78 is 0. The van der Waals surface area contributed by atoms with Crippen molar-refractivity contribution in [1.29, 1.82) is 0 Å². The fourth-order valence-corrected chi connectivity index (χ4v) is 6.50. The van der Waals surface area contributed by atoms with E-state index in [9.17, 15) is 0 Å². The summed E-state index contributed by atoms with van der Waals surface area (Å²) in [5, 5.41) is 3.57. The lowest BCUT2D eigenvalue weighted by atomic mass is 9.94. The summed E-state index contributed by atoms with van der Waals surface area (Å²) in [6.45, 7) is 17.3. The number of nitrogens with zero attached hydrogens (tertiary/aromatic N) is 3. The Morgan fingerprint density at radius 2 is 1.49 bits per heavy atom. The summed E-state index contributed by atoms with van der Waals surface area (Å²) >= 11 is 2.06. The quantitative estimate of drug-likeness (QED) is 0.205. The predicted octanol–water partition coefficient (Wildman–Crippen LogP) is 7.10. The van der Waals surface area contributed by atoms with Crippen LogP contribution in [0.15, 0.2) is 96.1 Å². The molecule has 0 radical (unpaired) electrons. The number of nitrogens with one attached hydrogen (secondary N) is 1. The van der Waals surface area contributed by atoms with E-state index in [1.54, 1.807) is 0 Å². The van der Waals surface area contributed by atoms with Crippen LogP contribution in [0.4, 0.5) is 0 Å². The van der Waals surface area contributed by atoms with Gasteiger partial charge in [0.25, 0.3) is 0 Å². The van der Waals surface area contributed by atoms with Crippen LogP contribution in [-0.4, -0.2) is 74.2 Å². The summed E-state index contributed by atoms with van der Waals surface area (Å²) in [7, 11) is 3.36. The van der Waals surface area contributed by atoms with E-state index in [1.807, 2.05) is 13.8 Å². The zero-order valence-electron chi connectivity index (χ0n) is 28.0. The Morgan fingerprint density at radius 3 is 2.13 bits per heavy atom. The molecule has 45 heavy (non-hydrogen) atoms. The molecule has 2 saturated heterocycles. The fourth-order valence-electron chi connectivity index (χ4n) is 5.52. The molecule has 5 rings (SSSR count). The molecule has 0 aliphatic carbocycles. The topological polar surface area (TPSA) is 74.0 Å². The van der Waals surface area contributed by atoms with Gasteiger partial charge in [0.1, 0.15) is 12.6 Å². The van der Waals surface area contributed by atoms with Gasteiger partial charge in [-0.3, -0.25) is 14.8 Å². The number of benzene rings is 3. The van der Waals surface area contributed by atoms with E-state index in [1.165, 1.54) is 73.2 Å². The van der Waals surface area contributed by atoms with Crippen molar-refractivity contribution in [1.82, 2.24) is 15.1 Å². The molecule has 0 spiro atoms. The summed E-state index contributed by atoms with van der Waals surface area (Å²) in [5.74, 6) is 3.80. The van der Waals surface area contributed by atoms with Crippen LogP contribution >= 0.6 is 11.8 Å². The highest BCUT2D eigenvalue weighted by atomic mass is 32.2. The number of rotatable bonds is 8. The van der Waals surface area contributed by atoms with Gasteiger partial charge in [0.05, 0.1) is 0 Å². The maximum atomic E-state index is 8.00. The van der Waals surface area contributed by atoms with Crippen LogP contribution in [0.3, 0.4) is 0 Å². The molecule has 2 fully saturated rings. The van der Waals surface area contributed by atoms with Crippen LogP contribution in [0.2, 0.25) is 0 Å². The summed E-state index contributed by atoms with van der Waals surface area (Å²) in [5.41, 5.74) is 11.9. The Balaban J connectivity index is 0.000000934. The van der Waals surface area contributed by atoms with E-state index in [0.29, 0.717) is 5.92 Å². The third-order valence-corrected chi connectivity index (χ3v) is 8.62. The van der Waals surface area contributed by atoms with Crippen molar-refractivity contribution in [2.45, 2.75) is 46.2 Å². The molecule has 0 saturated carbocycles. The molecule has 0 aromatic heterocycles. The number of amidine groups is 1. The van der Waals surface area contributed by atoms with E-state index in [2.05, 4.69) is 137 Å². The molecule has 3 aromatic rings. The lowest BCUT2D eigenvalue weighted by Gasteiger charge is -2.34. The van der Waals surface area contributed by atoms with Gasteiger partial charge < -0.3 is 15.8 Å². The molecule has 0 bridgehead atoms. The molecule has 2 aliphatic heterocycles. The largest absolute Gasteiger partial charge is 0.344 e. The van der Waals surface area contributed by atoms with E-state index >= 15 is 0 Å². The molecule has 0 amide bonds. The molecular formula is C38H55N5OS. The number of hydrogen-bond acceptors (Lipinski definition) is 6. The molecule has 3 N–H and O–H groups in total. The number of thioether (sulfide) groups is 1. The van der Waals surface area contributed by atoms with Gasteiger partial charge in [-0.15, -0.1) is 0 Å². The SMILES string of the molecule is C=C(NC(=NC)c1ccc(-c2cccc(CN3CCSCC3)c2)cc1)C1CCCN(Cc2ccccc2)C1.C=O.CCC.CN. The van der Waals surface area contributed by atoms with Gasteiger partial charge in [-0.1, -0.05) is 99.6 Å². The highest BCUT2D eigenvalue weighted by molar-refractivity contribution is 7.99. The summed E-state index contributed by atoms with van der Waals surface area (Å²) in [6.07, 6.45) is 3.61. The Bertz CT molecular complexity index is 1260. The van der Waals surface area contributed by atoms with Gasteiger partial charge in [0, 0.05) is 68.5 Å². The smallest absolute Gasteiger partial charge is 0.132 e. The molecule has 2 heterocycles. The minimum Gasteiger partial charge on any atom is -0.344 e. The Morgan fingerprint density at radius 1 is 0.867 bits per heavy atom. The average molecular weight is 630 g/mol. The first-order chi connectivity index (χ1) is 22.1. The molecule has 6 nitrogen and oxygen atoms in total. The third-order valence-electron chi connectivity index (χ3n) is 7.68. The second-order valence-corrected chi connectivity index (χ2v) is 12.4. The van der Waals surface area contributed by atoms with Gasteiger partial charge in [-0.2, -0.15) is 11.8 Å². The van der Waals surface area contributed by atoms with Gasteiger partial charge in [-0.25, -0.2) is 0 Å². The van der Waals surface area contributed by atoms with E-state index < -0.39 is 0 Å². The first kappa shape index (κ1) is 38.0. The molecule has 244 valence electrons. The van der Waals surface area contributed by atoms with Gasteiger partial charge in [-0.05, 0) is 54.8 Å². The molecule has 1 unspecified atom stereocenters. The van der Waals surface area contributed by atoms with Gasteiger partial charge >= 0.3 is 0 Å². The minimum absolute atomic E-state index is 0.421. The molecule has 1 atom stereocenters. The Kier molecular flexibility index (Phi) is 18.8. The lowest BCUT2D eigenvalue weighted by molar-refractivity contribution is -0.0980. The standard InChI is InChI=1S/C33H40N4S.C3H8.CH5N.CH2O/c1-26(32-12-7-17-37(25-32)23-27-8-4-3-5-9-27)35-33(34-2)30-15-13-29(14-16-30)31-11-6-10-28(22-31)24-36-18-20-38-21-19-36;1-3-2;2*1-2/h3-6,8-11,13-16,22,32H,1,7,12,17-21,23-25H2,2H3,(H,34,35);3H2,1-2H3;2H2,1H3;1H2. The van der Waals surface area contributed by atoms with E-state index in [4.69, 9.17) is 4.79 Å². The molecule has 2 aliphatic rings. The van der Waals surface area contributed by atoms with Crippen LogP contribution < -0.4 is 11.1 Å². The number of likely N-dealkylation sites (tertiary alicyclic amines) is 1. The van der Waals surface area contributed by atoms with Crippen LogP contribution in [0.1, 0.15) is 49.8 Å². The number of nitrogens with two attached hydrogens (primary N) is 1. The first-order valence-corrected chi connectivity index (χ1v) is 17.3. The number of hydrogen-bond donors (Lipinski definition) is 2. The van der Waals surface area contributed by atoms with Crippen molar-refractivity contribution in [2.24, 2.45) is 16.6 Å². The Hall–Kier alpha value is -3.23. The molecule has 3 aromatic carbocycles. The van der Waals surface area contributed by atoms with Gasteiger partial charge in [0.2, 0.25) is 0 Å². The van der Waals surface area contributed by atoms with Crippen LogP contribution in [-0.2, 0) is 17.9 Å². The second kappa shape index (κ2) is 22.3. The number of carbonyl (C=O) groups is 1. The molecule has 7 heteroatoms. The predicted molar refractivity (Wildman–Crippen MR) is 197 cm³/mol. The maximum Gasteiger partial charge on any atom is 0.132 e. The zero-order valence-corrected chi connectivity index (χ0v) is 28.8. The second-order valence-electron chi connectivity index (χ2n) is 11.2. The fraction of sp³-hybridized carbons (Fsp3) is 0.421. The van der Waals surface area contributed by atoms with E-state index in [0.717, 1.165) is 43.3 Å². The van der Waals surface area contributed by atoms with Crippen molar-refractivity contribution >= 4 is 24.4 Å². The van der Waals surface area contributed by atoms with Crippen LogP contribution in [0.25, 0.3) is 11.1 Å². The number of aliphatic imine (C=N–C) groups is 1. The normalized spacial score (nSPS) is 16.9. The summed E-state index contributed by atoms with van der Waals surface area (Å²) in [4.78, 5) is 17.7. The van der Waals surface area contributed by atoms with Crippen LogP contribution in [0.5, 0.6) is 0 Å². The van der Waals surface area contributed by atoms with E-state index in [-0.39, 0.29) is 0 Å². The zero-order chi connectivity index (χ0) is 32.9. The van der Waals surface area contributed by atoms with Crippen molar-refractivity contribution in [2.75, 3.05) is 51.8 Å².